The molecule has 4 nitrogen and oxygen atoms in total. The number of aliphatic imine (C=N–C) groups is 1. The number of guanidine groups is 1. The molecular weight excluding hydrogens is 464 g/mol. The van der Waals surface area contributed by atoms with E-state index >= 15 is 0 Å². The minimum atomic E-state index is -0.202. The Morgan fingerprint density at radius 2 is 1.92 bits per heavy atom. The van der Waals surface area contributed by atoms with Gasteiger partial charge < -0.3 is 15.4 Å². The molecule has 1 aliphatic rings. The molecule has 2 heterocycles. The van der Waals surface area contributed by atoms with E-state index in [2.05, 4.69) is 32.5 Å². The van der Waals surface area contributed by atoms with Gasteiger partial charge in [0.15, 0.2) is 5.96 Å². The van der Waals surface area contributed by atoms with Gasteiger partial charge in [0.1, 0.15) is 5.82 Å². The topological polar surface area (TPSA) is 45.7 Å². The molecule has 3 rings (SSSR count). The van der Waals surface area contributed by atoms with Gasteiger partial charge in [-0.1, -0.05) is 12.1 Å². The lowest BCUT2D eigenvalue weighted by atomic mass is 9.74. The lowest BCUT2D eigenvalue weighted by Crippen LogP contribution is -2.47. The minimum absolute atomic E-state index is 0. The Balaban J connectivity index is 0.00000243. The van der Waals surface area contributed by atoms with Crippen LogP contribution in [0.4, 0.5) is 4.39 Å². The quantitative estimate of drug-likeness (QED) is 0.380. The highest BCUT2D eigenvalue weighted by Gasteiger charge is 2.34. The average molecular weight is 489 g/mol. The monoisotopic (exact) mass is 489 g/mol. The van der Waals surface area contributed by atoms with E-state index in [0.717, 1.165) is 50.7 Å². The van der Waals surface area contributed by atoms with E-state index in [-0.39, 0.29) is 35.2 Å². The lowest BCUT2D eigenvalue weighted by molar-refractivity contribution is 0.0513. The molecule has 0 aliphatic carbocycles. The molecule has 0 radical (unpaired) electrons. The summed E-state index contributed by atoms with van der Waals surface area (Å²) in [6.45, 7) is 2.93. The third-order valence-electron chi connectivity index (χ3n) is 4.76. The van der Waals surface area contributed by atoms with E-state index in [1.54, 1.807) is 18.4 Å². The molecule has 1 saturated heterocycles. The molecule has 0 atom stereocenters. The van der Waals surface area contributed by atoms with Crippen LogP contribution in [0.2, 0.25) is 0 Å². The SMILES string of the molecule is CN=C(NCc1ccsc1)NCC1(c2ccc(F)cc2)CCOCC1.I. The van der Waals surface area contributed by atoms with Crippen molar-refractivity contribution >= 4 is 41.3 Å². The van der Waals surface area contributed by atoms with Crippen LogP contribution in [0.1, 0.15) is 24.0 Å². The van der Waals surface area contributed by atoms with Crippen molar-refractivity contribution in [1.29, 1.82) is 0 Å². The maximum absolute atomic E-state index is 13.3. The van der Waals surface area contributed by atoms with E-state index in [1.165, 1.54) is 17.7 Å². The molecule has 0 bridgehead atoms. The van der Waals surface area contributed by atoms with Crippen molar-refractivity contribution in [1.82, 2.24) is 10.6 Å². The molecule has 0 spiro atoms. The molecule has 0 amide bonds. The predicted molar refractivity (Wildman–Crippen MR) is 116 cm³/mol. The van der Waals surface area contributed by atoms with Crippen LogP contribution >= 0.6 is 35.3 Å². The maximum atomic E-state index is 13.3. The molecule has 0 unspecified atom stereocenters. The molecule has 1 aromatic heterocycles. The third kappa shape index (κ3) is 5.40. The van der Waals surface area contributed by atoms with Gasteiger partial charge in [-0.25, -0.2) is 4.39 Å². The van der Waals surface area contributed by atoms with E-state index in [1.807, 2.05) is 12.1 Å². The second-order valence-corrected chi connectivity index (χ2v) is 7.09. The summed E-state index contributed by atoms with van der Waals surface area (Å²) in [5.74, 6) is 0.575. The number of halogens is 2. The van der Waals surface area contributed by atoms with Crippen molar-refractivity contribution in [3.63, 3.8) is 0 Å². The van der Waals surface area contributed by atoms with Gasteiger partial charge in [-0.3, -0.25) is 4.99 Å². The Labute approximate surface area is 175 Å². The van der Waals surface area contributed by atoms with Gasteiger partial charge in [-0.2, -0.15) is 11.3 Å². The largest absolute Gasteiger partial charge is 0.381 e. The highest BCUT2D eigenvalue weighted by Crippen LogP contribution is 2.34. The van der Waals surface area contributed by atoms with Crippen LogP contribution in [-0.4, -0.2) is 32.8 Å². The normalized spacial score (nSPS) is 16.6. The van der Waals surface area contributed by atoms with Crippen molar-refractivity contribution in [2.75, 3.05) is 26.8 Å². The summed E-state index contributed by atoms with van der Waals surface area (Å²) < 4.78 is 18.9. The predicted octanol–water partition coefficient (Wildman–Crippen LogP) is 3.92. The Hall–Kier alpha value is -1.19. The lowest BCUT2D eigenvalue weighted by Gasteiger charge is -2.38. The van der Waals surface area contributed by atoms with Gasteiger partial charge in [0, 0.05) is 38.8 Å². The molecule has 2 aromatic rings. The molecule has 1 aromatic carbocycles. The second kappa shape index (κ2) is 10.2. The summed E-state index contributed by atoms with van der Waals surface area (Å²) in [7, 11) is 1.78. The second-order valence-electron chi connectivity index (χ2n) is 6.31. The third-order valence-corrected chi connectivity index (χ3v) is 5.50. The first-order chi connectivity index (χ1) is 12.2. The van der Waals surface area contributed by atoms with E-state index < -0.39 is 0 Å². The zero-order valence-electron chi connectivity index (χ0n) is 14.8. The van der Waals surface area contributed by atoms with Crippen molar-refractivity contribution in [3.05, 3.63) is 58.0 Å². The van der Waals surface area contributed by atoms with Crippen molar-refractivity contribution in [3.8, 4) is 0 Å². The van der Waals surface area contributed by atoms with Gasteiger partial charge in [0.25, 0.3) is 0 Å². The zero-order chi connectivity index (χ0) is 17.5. The van der Waals surface area contributed by atoms with E-state index in [0.29, 0.717) is 0 Å². The van der Waals surface area contributed by atoms with Gasteiger partial charge >= 0.3 is 0 Å². The van der Waals surface area contributed by atoms with Crippen molar-refractivity contribution in [2.24, 2.45) is 4.99 Å². The van der Waals surface area contributed by atoms with E-state index in [9.17, 15) is 4.39 Å². The van der Waals surface area contributed by atoms with Gasteiger partial charge in [0.05, 0.1) is 0 Å². The Morgan fingerprint density at radius 3 is 2.54 bits per heavy atom. The van der Waals surface area contributed by atoms with Crippen LogP contribution in [0.15, 0.2) is 46.1 Å². The van der Waals surface area contributed by atoms with Crippen molar-refractivity contribution < 1.29 is 9.13 Å². The van der Waals surface area contributed by atoms with Crippen LogP contribution < -0.4 is 10.6 Å². The summed E-state index contributed by atoms with van der Waals surface area (Å²) in [4.78, 5) is 4.32. The standard InChI is InChI=1S/C19H24FN3OS.HI/c1-21-18(22-12-15-6-11-25-13-15)23-14-19(7-9-24-10-8-19)16-2-4-17(20)5-3-16;/h2-6,11,13H,7-10,12,14H2,1H3,(H2,21,22,23);1H. The first-order valence-corrected chi connectivity index (χ1v) is 9.45. The number of thiophene rings is 1. The van der Waals surface area contributed by atoms with Gasteiger partial charge in [-0.05, 0) is 52.9 Å². The van der Waals surface area contributed by atoms with Crippen LogP contribution in [0, 0.1) is 5.82 Å². The van der Waals surface area contributed by atoms with E-state index in [4.69, 9.17) is 4.74 Å². The van der Waals surface area contributed by atoms with Crippen LogP contribution in [0.5, 0.6) is 0 Å². The van der Waals surface area contributed by atoms with Crippen LogP contribution in [0.25, 0.3) is 0 Å². The molecule has 26 heavy (non-hydrogen) atoms. The number of nitrogens with zero attached hydrogens (tertiary/aromatic N) is 1. The minimum Gasteiger partial charge on any atom is -0.381 e. The molecule has 142 valence electrons. The fourth-order valence-corrected chi connectivity index (χ4v) is 3.85. The molecule has 1 fully saturated rings. The molecule has 1 aliphatic heterocycles. The summed E-state index contributed by atoms with van der Waals surface area (Å²) >= 11 is 1.69. The van der Waals surface area contributed by atoms with Gasteiger partial charge in [0.2, 0.25) is 0 Å². The number of hydrogen-bond acceptors (Lipinski definition) is 3. The summed E-state index contributed by atoms with van der Waals surface area (Å²) in [5.41, 5.74) is 2.33. The Bertz CT molecular complexity index is 685. The highest BCUT2D eigenvalue weighted by atomic mass is 127. The smallest absolute Gasteiger partial charge is 0.191 e. The fraction of sp³-hybridized carbons (Fsp3) is 0.421. The first-order valence-electron chi connectivity index (χ1n) is 8.51. The number of benzene rings is 1. The first kappa shape index (κ1) is 21.1. The molecule has 7 heteroatoms. The molecule has 2 N–H and O–H groups in total. The highest BCUT2D eigenvalue weighted by molar-refractivity contribution is 14.0. The molecule has 0 saturated carbocycles. The zero-order valence-corrected chi connectivity index (χ0v) is 18.0. The summed E-state index contributed by atoms with van der Waals surface area (Å²) in [6.07, 6.45) is 1.82. The number of rotatable bonds is 5. The summed E-state index contributed by atoms with van der Waals surface area (Å²) in [5, 5.41) is 11.0. The summed E-state index contributed by atoms with van der Waals surface area (Å²) in [6, 6.07) is 8.96. The van der Waals surface area contributed by atoms with Crippen LogP contribution in [-0.2, 0) is 16.7 Å². The number of hydrogen-bond donors (Lipinski definition) is 2. The number of ether oxygens (including phenoxy) is 1. The average Bonchev–Trinajstić information content (AvgIpc) is 3.17. The van der Waals surface area contributed by atoms with Crippen molar-refractivity contribution in [2.45, 2.75) is 24.8 Å². The Morgan fingerprint density at radius 1 is 1.19 bits per heavy atom. The molecular formula is C19H25FIN3OS. The number of nitrogens with one attached hydrogen (secondary N) is 2. The Kier molecular flexibility index (Phi) is 8.30. The maximum Gasteiger partial charge on any atom is 0.191 e. The fourth-order valence-electron chi connectivity index (χ4n) is 3.19. The van der Waals surface area contributed by atoms with Crippen LogP contribution in [0.3, 0.4) is 0 Å². The van der Waals surface area contributed by atoms with Gasteiger partial charge in [-0.15, -0.1) is 24.0 Å².